The molecule has 0 saturated heterocycles. The largest absolute Gasteiger partial charge is 0.308 e. The Labute approximate surface area is 67.2 Å². The highest BCUT2D eigenvalue weighted by Gasteiger charge is 2.21. The standard InChI is InChI=1S/C8H6F3N/c9-6-1-4-2-12-3-5(4)7(10)8(6)11/h1,12H,2-3H2. The highest BCUT2D eigenvalue weighted by atomic mass is 19.2. The van der Waals surface area contributed by atoms with Crippen molar-refractivity contribution in [1.82, 2.24) is 5.32 Å². The van der Waals surface area contributed by atoms with Gasteiger partial charge in [0, 0.05) is 18.7 Å². The van der Waals surface area contributed by atoms with Crippen LogP contribution >= 0.6 is 0 Å². The summed E-state index contributed by atoms with van der Waals surface area (Å²) < 4.78 is 38.1. The Bertz CT molecular complexity index is 336. The summed E-state index contributed by atoms with van der Waals surface area (Å²) in [6, 6.07) is 1.04. The van der Waals surface area contributed by atoms with Gasteiger partial charge in [-0.25, -0.2) is 13.2 Å². The van der Waals surface area contributed by atoms with Crippen LogP contribution in [0.25, 0.3) is 0 Å². The van der Waals surface area contributed by atoms with E-state index in [9.17, 15) is 13.2 Å². The number of hydrogen-bond donors (Lipinski definition) is 1. The first kappa shape index (κ1) is 7.61. The molecule has 1 heterocycles. The molecule has 0 atom stereocenters. The van der Waals surface area contributed by atoms with Crippen molar-refractivity contribution in [1.29, 1.82) is 0 Å². The molecule has 1 aliphatic heterocycles. The number of fused-ring (bicyclic) bond motifs is 1. The smallest absolute Gasteiger partial charge is 0.194 e. The van der Waals surface area contributed by atoms with Gasteiger partial charge in [0.05, 0.1) is 0 Å². The van der Waals surface area contributed by atoms with E-state index in [1.807, 2.05) is 0 Å². The Kier molecular flexibility index (Phi) is 1.58. The van der Waals surface area contributed by atoms with E-state index in [0.29, 0.717) is 12.1 Å². The van der Waals surface area contributed by atoms with E-state index in [1.54, 1.807) is 0 Å². The van der Waals surface area contributed by atoms with Crippen molar-refractivity contribution in [2.24, 2.45) is 0 Å². The van der Waals surface area contributed by atoms with E-state index in [4.69, 9.17) is 0 Å². The second-order valence-corrected chi connectivity index (χ2v) is 2.73. The molecular weight excluding hydrogens is 167 g/mol. The van der Waals surface area contributed by atoms with Crippen molar-refractivity contribution in [3.8, 4) is 0 Å². The minimum absolute atomic E-state index is 0.244. The first-order valence-electron chi connectivity index (χ1n) is 3.56. The highest BCUT2D eigenvalue weighted by Crippen LogP contribution is 2.23. The quantitative estimate of drug-likeness (QED) is 0.589. The van der Waals surface area contributed by atoms with Gasteiger partial charge in [-0.05, 0) is 11.6 Å². The maximum absolute atomic E-state index is 12.9. The average Bonchev–Trinajstić information content (AvgIpc) is 2.48. The molecule has 0 radical (unpaired) electrons. The summed E-state index contributed by atoms with van der Waals surface area (Å²) in [7, 11) is 0. The molecule has 12 heavy (non-hydrogen) atoms. The van der Waals surface area contributed by atoms with Crippen molar-refractivity contribution in [3.63, 3.8) is 0 Å². The van der Waals surface area contributed by atoms with Crippen molar-refractivity contribution in [2.75, 3.05) is 0 Å². The topological polar surface area (TPSA) is 12.0 Å². The number of halogens is 3. The summed E-state index contributed by atoms with van der Waals surface area (Å²) in [5, 5.41) is 2.81. The molecule has 0 aromatic heterocycles. The Morgan fingerprint density at radius 1 is 1.08 bits per heavy atom. The van der Waals surface area contributed by atoms with Gasteiger partial charge in [0.15, 0.2) is 17.5 Å². The third-order valence-corrected chi connectivity index (χ3v) is 1.97. The first-order chi connectivity index (χ1) is 5.70. The van der Waals surface area contributed by atoms with E-state index >= 15 is 0 Å². The van der Waals surface area contributed by atoms with Gasteiger partial charge in [-0.15, -0.1) is 0 Å². The van der Waals surface area contributed by atoms with Crippen LogP contribution in [0, 0.1) is 17.5 Å². The van der Waals surface area contributed by atoms with Crippen LogP contribution in [0.1, 0.15) is 11.1 Å². The lowest BCUT2D eigenvalue weighted by Gasteiger charge is -2.01. The lowest BCUT2D eigenvalue weighted by molar-refractivity contribution is 0.441. The summed E-state index contributed by atoms with van der Waals surface area (Å²) in [6.45, 7) is 0.682. The Morgan fingerprint density at radius 2 is 1.83 bits per heavy atom. The van der Waals surface area contributed by atoms with Crippen molar-refractivity contribution in [3.05, 3.63) is 34.6 Å². The minimum Gasteiger partial charge on any atom is -0.308 e. The van der Waals surface area contributed by atoms with Gasteiger partial charge in [-0.3, -0.25) is 0 Å². The molecule has 1 aromatic carbocycles. The molecule has 0 fully saturated rings. The molecule has 0 aliphatic carbocycles. The zero-order valence-electron chi connectivity index (χ0n) is 6.13. The van der Waals surface area contributed by atoms with Gasteiger partial charge < -0.3 is 5.32 Å². The van der Waals surface area contributed by atoms with Crippen LogP contribution in [0.4, 0.5) is 13.2 Å². The average molecular weight is 173 g/mol. The second-order valence-electron chi connectivity index (χ2n) is 2.73. The fourth-order valence-electron chi connectivity index (χ4n) is 1.35. The SMILES string of the molecule is Fc1cc2c(c(F)c1F)CNC2. The van der Waals surface area contributed by atoms with Crippen LogP contribution in [0.3, 0.4) is 0 Å². The number of nitrogens with one attached hydrogen (secondary N) is 1. The highest BCUT2D eigenvalue weighted by molar-refractivity contribution is 5.33. The van der Waals surface area contributed by atoms with Gasteiger partial charge in [-0.1, -0.05) is 0 Å². The first-order valence-corrected chi connectivity index (χ1v) is 3.56. The Balaban J connectivity index is 2.67. The molecule has 2 rings (SSSR count). The fraction of sp³-hybridized carbons (Fsp3) is 0.250. The zero-order chi connectivity index (χ0) is 8.72. The van der Waals surface area contributed by atoms with Crippen LogP contribution in [0.15, 0.2) is 6.07 Å². The van der Waals surface area contributed by atoms with Gasteiger partial charge in [0.25, 0.3) is 0 Å². The molecule has 64 valence electrons. The van der Waals surface area contributed by atoms with Crippen LogP contribution in [-0.4, -0.2) is 0 Å². The summed E-state index contributed by atoms with van der Waals surface area (Å²) in [4.78, 5) is 0. The lowest BCUT2D eigenvalue weighted by Crippen LogP contribution is -2.01. The van der Waals surface area contributed by atoms with Crippen LogP contribution in [0.5, 0.6) is 0 Å². The van der Waals surface area contributed by atoms with Crippen LogP contribution in [0.2, 0.25) is 0 Å². The van der Waals surface area contributed by atoms with Crippen molar-refractivity contribution >= 4 is 0 Å². The molecular formula is C8H6F3N. The summed E-state index contributed by atoms with van der Waals surface area (Å²) in [5.74, 6) is -3.55. The molecule has 0 bridgehead atoms. The molecule has 4 heteroatoms. The molecule has 1 aliphatic rings. The third kappa shape index (κ3) is 0.914. The number of hydrogen-bond acceptors (Lipinski definition) is 1. The molecule has 1 nitrogen and oxygen atoms in total. The van der Waals surface area contributed by atoms with E-state index in [0.717, 1.165) is 6.07 Å². The summed E-state index contributed by atoms with van der Waals surface area (Å²) >= 11 is 0. The van der Waals surface area contributed by atoms with E-state index in [-0.39, 0.29) is 12.1 Å². The normalized spacial score (nSPS) is 14.9. The Morgan fingerprint density at radius 3 is 2.58 bits per heavy atom. The summed E-state index contributed by atoms with van der Waals surface area (Å²) in [6.07, 6.45) is 0. The third-order valence-electron chi connectivity index (χ3n) is 1.97. The monoisotopic (exact) mass is 173 g/mol. The molecule has 1 N–H and O–H groups in total. The maximum Gasteiger partial charge on any atom is 0.194 e. The predicted molar refractivity (Wildman–Crippen MR) is 36.9 cm³/mol. The van der Waals surface area contributed by atoms with Crippen LogP contribution in [-0.2, 0) is 13.1 Å². The molecule has 0 amide bonds. The zero-order valence-corrected chi connectivity index (χ0v) is 6.13. The van der Waals surface area contributed by atoms with E-state index in [2.05, 4.69) is 5.32 Å². The van der Waals surface area contributed by atoms with E-state index in [1.165, 1.54) is 0 Å². The summed E-state index contributed by atoms with van der Waals surface area (Å²) in [5.41, 5.74) is 0.750. The molecule has 0 unspecified atom stereocenters. The Hall–Kier alpha value is -1.03. The minimum atomic E-state index is -1.38. The van der Waals surface area contributed by atoms with Gasteiger partial charge >= 0.3 is 0 Å². The molecule has 0 spiro atoms. The van der Waals surface area contributed by atoms with Gasteiger partial charge in [-0.2, -0.15) is 0 Å². The molecule has 0 saturated carbocycles. The van der Waals surface area contributed by atoms with Crippen molar-refractivity contribution < 1.29 is 13.2 Å². The number of benzene rings is 1. The van der Waals surface area contributed by atoms with Gasteiger partial charge in [0.1, 0.15) is 0 Å². The van der Waals surface area contributed by atoms with Crippen molar-refractivity contribution in [2.45, 2.75) is 13.1 Å². The predicted octanol–water partition coefficient (Wildman–Crippen LogP) is 1.71. The fourth-order valence-corrected chi connectivity index (χ4v) is 1.35. The van der Waals surface area contributed by atoms with Crippen LogP contribution < -0.4 is 5.32 Å². The lowest BCUT2D eigenvalue weighted by atomic mass is 10.1. The van der Waals surface area contributed by atoms with Gasteiger partial charge in [0.2, 0.25) is 0 Å². The number of rotatable bonds is 0. The second kappa shape index (κ2) is 2.48. The van der Waals surface area contributed by atoms with E-state index < -0.39 is 17.5 Å². The maximum atomic E-state index is 12.9. The molecule has 1 aromatic rings.